The first-order valence-corrected chi connectivity index (χ1v) is 11.8. The number of halogens is 2. The van der Waals surface area contributed by atoms with Crippen molar-refractivity contribution in [1.82, 2.24) is 4.98 Å². The average Bonchev–Trinajstić information content (AvgIpc) is 2.69. The van der Waals surface area contributed by atoms with Gasteiger partial charge in [-0.1, -0.05) is 23.2 Å². The summed E-state index contributed by atoms with van der Waals surface area (Å²) in [6.07, 6.45) is 3.91. The molecule has 0 bridgehead atoms. The number of hydrogen-bond acceptors (Lipinski definition) is 6. The molecule has 2 aromatic carbocycles. The smallest absolute Gasteiger partial charge is 0.219 e. The zero-order chi connectivity index (χ0) is 21.1. The average molecular weight is 469 g/mol. The van der Waals surface area contributed by atoms with E-state index < -0.39 is 23.9 Å². The van der Waals surface area contributed by atoms with Gasteiger partial charge in [-0.15, -0.1) is 0 Å². The maximum Gasteiger partial charge on any atom is 0.219 e. The first kappa shape index (κ1) is 21.3. The molecule has 6 nitrogen and oxygen atoms in total. The van der Waals surface area contributed by atoms with Crippen molar-refractivity contribution in [2.24, 2.45) is 0 Å². The Balaban J connectivity index is 2.16. The Morgan fingerprint density at radius 1 is 0.724 bits per heavy atom. The fraction of sp³-hybridized carbons (Fsp3) is 0. The fourth-order valence-corrected chi connectivity index (χ4v) is 6.22. The third-order valence-electron chi connectivity index (χ3n) is 3.81. The molecule has 1 N–H and O–H groups in total. The minimum atomic E-state index is -4.40. The van der Waals surface area contributed by atoms with Crippen LogP contribution in [0, 0.1) is 0 Å². The molecule has 29 heavy (non-hydrogen) atoms. The van der Waals surface area contributed by atoms with Crippen LogP contribution in [-0.2, 0) is 19.7 Å². The molecular weight excluding hydrogens is 455 g/mol. The summed E-state index contributed by atoms with van der Waals surface area (Å²) in [5, 5.41) is 3.35. The van der Waals surface area contributed by atoms with E-state index in [-0.39, 0.29) is 9.79 Å². The van der Waals surface area contributed by atoms with Crippen molar-refractivity contribution in [3.63, 3.8) is 0 Å². The Labute approximate surface area is 178 Å². The van der Waals surface area contributed by atoms with Gasteiger partial charge >= 0.3 is 0 Å². The highest BCUT2D eigenvalue weighted by Gasteiger charge is 2.33. The third-order valence-corrected chi connectivity index (χ3v) is 8.72. The summed E-state index contributed by atoms with van der Waals surface area (Å²) in [5.74, 6) is 0. The summed E-state index contributed by atoms with van der Waals surface area (Å²) in [5.41, 5.74) is 0.468. The molecule has 3 rings (SSSR count). The van der Waals surface area contributed by atoms with Crippen molar-refractivity contribution >= 4 is 48.6 Å². The highest BCUT2D eigenvalue weighted by atomic mass is 35.5. The van der Waals surface area contributed by atoms with Crippen LogP contribution in [0.1, 0.15) is 0 Å². The second-order valence-electron chi connectivity index (χ2n) is 5.76. The van der Waals surface area contributed by atoms with Gasteiger partial charge < -0.3 is 5.32 Å². The second-order valence-corrected chi connectivity index (χ2v) is 10.7. The SMILES string of the molecule is O=S(=O)(C(=CNc1ccncc1)S(=O)(=O)c1ccc(Cl)cc1)c1ccc(Cl)cc1. The molecule has 1 aromatic heterocycles. The normalized spacial score (nSPS) is 11.7. The predicted octanol–water partition coefficient (Wildman–Crippen LogP) is 4.55. The Kier molecular flexibility index (Phi) is 6.28. The monoisotopic (exact) mass is 468 g/mol. The van der Waals surface area contributed by atoms with E-state index in [1.165, 1.54) is 60.9 Å². The van der Waals surface area contributed by atoms with Crippen LogP contribution in [-0.4, -0.2) is 21.8 Å². The lowest BCUT2D eigenvalue weighted by Gasteiger charge is -2.12. The Bertz CT molecular complexity index is 1160. The molecule has 0 aliphatic heterocycles. The number of anilines is 1. The van der Waals surface area contributed by atoms with Crippen molar-refractivity contribution in [3.8, 4) is 0 Å². The van der Waals surface area contributed by atoms with Crippen molar-refractivity contribution < 1.29 is 16.8 Å². The summed E-state index contributed by atoms with van der Waals surface area (Å²) in [6, 6.07) is 13.6. The molecule has 0 saturated carbocycles. The molecule has 0 unspecified atom stereocenters. The number of pyridine rings is 1. The number of hydrogen-bond donors (Lipinski definition) is 1. The van der Waals surface area contributed by atoms with E-state index in [2.05, 4.69) is 10.3 Å². The molecule has 10 heteroatoms. The predicted molar refractivity (Wildman–Crippen MR) is 113 cm³/mol. The van der Waals surface area contributed by atoms with Gasteiger partial charge in [-0.25, -0.2) is 16.8 Å². The molecule has 150 valence electrons. The number of nitrogens with one attached hydrogen (secondary N) is 1. The number of benzene rings is 2. The van der Waals surface area contributed by atoms with Gasteiger partial charge in [-0.05, 0) is 60.7 Å². The lowest BCUT2D eigenvalue weighted by Crippen LogP contribution is -2.16. The molecule has 0 aliphatic carbocycles. The summed E-state index contributed by atoms with van der Waals surface area (Å²) in [7, 11) is -8.80. The van der Waals surface area contributed by atoms with Crippen LogP contribution in [0.25, 0.3) is 0 Å². The molecular formula is C19H14Cl2N2O4S2. The van der Waals surface area contributed by atoms with Gasteiger partial charge in [-0.2, -0.15) is 0 Å². The zero-order valence-corrected chi connectivity index (χ0v) is 17.8. The van der Waals surface area contributed by atoms with E-state index in [9.17, 15) is 16.8 Å². The minimum Gasteiger partial charge on any atom is -0.360 e. The van der Waals surface area contributed by atoms with E-state index in [0.717, 1.165) is 6.20 Å². The van der Waals surface area contributed by atoms with Crippen molar-refractivity contribution in [2.75, 3.05) is 5.32 Å². The summed E-state index contributed by atoms with van der Waals surface area (Å²) in [6.45, 7) is 0. The van der Waals surface area contributed by atoms with Crippen LogP contribution < -0.4 is 5.32 Å². The Morgan fingerprint density at radius 2 is 1.14 bits per heavy atom. The first-order chi connectivity index (χ1) is 13.7. The molecule has 0 aliphatic rings. The van der Waals surface area contributed by atoms with Gasteiger partial charge in [0.2, 0.25) is 19.7 Å². The Hall–Kier alpha value is -2.39. The highest BCUT2D eigenvalue weighted by molar-refractivity contribution is 8.14. The lowest BCUT2D eigenvalue weighted by atomic mass is 10.4. The molecule has 0 atom stereocenters. The van der Waals surface area contributed by atoms with Gasteiger partial charge in [0.25, 0.3) is 0 Å². The molecule has 3 aromatic rings. The number of sulfone groups is 2. The molecule has 0 fully saturated rings. The maximum atomic E-state index is 13.2. The summed E-state index contributed by atoms with van der Waals surface area (Å²) in [4.78, 5) is 3.45. The van der Waals surface area contributed by atoms with Crippen molar-refractivity contribution in [3.05, 3.63) is 93.5 Å². The first-order valence-electron chi connectivity index (χ1n) is 8.09. The molecule has 0 amide bonds. The van der Waals surface area contributed by atoms with Crippen molar-refractivity contribution in [1.29, 1.82) is 0 Å². The molecule has 0 saturated heterocycles. The van der Waals surface area contributed by atoms with Crippen LogP contribution in [0.3, 0.4) is 0 Å². The maximum absolute atomic E-state index is 13.2. The van der Waals surface area contributed by atoms with E-state index in [0.29, 0.717) is 15.7 Å². The number of rotatable bonds is 6. The highest BCUT2D eigenvalue weighted by Crippen LogP contribution is 2.30. The summed E-state index contributed by atoms with van der Waals surface area (Å²) >= 11 is 11.6. The second kappa shape index (κ2) is 8.54. The van der Waals surface area contributed by atoms with Gasteiger partial charge in [0.05, 0.1) is 9.79 Å². The molecule has 0 spiro atoms. The standard InChI is InChI=1S/C19H14Cl2N2O4S2/c20-14-1-5-17(6-2-14)28(24,25)19(13-23-16-9-11-22-12-10-16)29(26,27)18-7-3-15(21)4-8-18/h1-13H,(H,22,23). The molecule has 0 radical (unpaired) electrons. The Morgan fingerprint density at radius 3 is 1.55 bits per heavy atom. The van der Waals surface area contributed by atoms with Crippen molar-refractivity contribution in [2.45, 2.75) is 9.79 Å². The zero-order valence-electron chi connectivity index (χ0n) is 14.7. The molecule has 1 heterocycles. The summed E-state index contributed by atoms with van der Waals surface area (Å²) < 4.78 is 51.9. The fourth-order valence-electron chi connectivity index (χ4n) is 2.35. The van der Waals surface area contributed by atoms with Crippen LogP contribution in [0.4, 0.5) is 5.69 Å². The van der Waals surface area contributed by atoms with Crippen LogP contribution >= 0.6 is 23.2 Å². The van der Waals surface area contributed by atoms with Gasteiger partial charge in [-0.3, -0.25) is 4.98 Å². The lowest BCUT2D eigenvalue weighted by molar-refractivity contribution is 0.595. The van der Waals surface area contributed by atoms with E-state index >= 15 is 0 Å². The van der Waals surface area contributed by atoms with Crippen LogP contribution in [0.15, 0.2) is 93.3 Å². The third kappa shape index (κ3) is 4.79. The number of aromatic nitrogens is 1. The van der Waals surface area contributed by atoms with E-state index in [4.69, 9.17) is 23.2 Å². The van der Waals surface area contributed by atoms with E-state index in [1.807, 2.05) is 0 Å². The van der Waals surface area contributed by atoms with Gasteiger partial charge in [0, 0.05) is 34.3 Å². The van der Waals surface area contributed by atoms with Gasteiger partial charge in [0.15, 0.2) is 4.24 Å². The topological polar surface area (TPSA) is 93.2 Å². The van der Waals surface area contributed by atoms with E-state index in [1.54, 1.807) is 12.1 Å². The number of nitrogens with zero attached hydrogens (tertiary/aromatic N) is 1. The van der Waals surface area contributed by atoms with Crippen LogP contribution in [0.5, 0.6) is 0 Å². The largest absolute Gasteiger partial charge is 0.360 e. The quantitative estimate of drug-likeness (QED) is 0.570. The van der Waals surface area contributed by atoms with Crippen LogP contribution in [0.2, 0.25) is 10.0 Å². The van der Waals surface area contributed by atoms with Gasteiger partial charge in [0.1, 0.15) is 0 Å². The minimum absolute atomic E-state index is 0.206.